The zero-order valence-corrected chi connectivity index (χ0v) is 12.6. The van der Waals surface area contributed by atoms with Gasteiger partial charge in [-0.2, -0.15) is 0 Å². The molecule has 1 fully saturated rings. The van der Waals surface area contributed by atoms with Crippen molar-refractivity contribution in [3.63, 3.8) is 0 Å². The smallest absolute Gasteiger partial charge is 0.351 e. The van der Waals surface area contributed by atoms with Gasteiger partial charge >= 0.3 is 11.9 Å². The standard InChI is InChI=1S/C13H20N2O6/c1-12(2,3)20-10(18)13(4,7-14)11(19)21-15-8(16)5-6-9(15)17/h5-7,14H2,1-4H3. The summed E-state index contributed by atoms with van der Waals surface area (Å²) in [7, 11) is 0. The molecular weight excluding hydrogens is 280 g/mol. The highest BCUT2D eigenvalue weighted by Gasteiger charge is 2.47. The average Bonchev–Trinajstić information content (AvgIpc) is 2.67. The molecule has 21 heavy (non-hydrogen) atoms. The van der Waals surface area contributed by atoms with Crippen LogP contribution in [0.4, 0.5) is 0 Å². The number of ether oxygens (including phenoxy) is 1. The van der Waals surface area contributed by atoms with Crippen molar-refractivity contribution in [1.29, 1.82) is 0 Å². The van der Waals surface area contributed by atoms with Crippen LogP contribution in [0, 0.1) is 5.41 Å². The molecule has 1 aliphatic rings. The first-order chi connectivity index (χ1) is 9.51. The Morgan fingerprint density at radius 3 is 1.95 bits per heavy atom. The van der Waals surface area contributed by atoms with Gasteiger partial charge < -0.3 is 15.3 Å². The molecule has 0 saturated carbocycles. The molecule has 1 unspecified atom stereocenters. The lowest BCUT2D eigenvalue weighted by molar-refractivity contribution is -0.209. The van der Waals surface area contributed by atoms with E-state index in [1.807, 2.05) is 0 Å². The lowest BCUT2D eigenvalue weighted by atomic mass is 9.91. The van der Waals surface area contributed by atoms with Crippen LogP contribution in [-0.2, 0) is 28.8 Å². The van der Waals surface area contributed by atoms with E-state index in [1.165, 1.54) is 6.92 Å². The minimum absolute atomic E-state index is 0.0299. The minimum atomic E-state index is -1.80. The number of nitrogens with zero attached hydrogens (tertiary/aromatic N) is 1. The number of esters is 1. The van der Waals surface area contributed by atoms with Gasteiger partial charge in [0.2, 0.25) is 0 Å². The second-order valence-corrected chi connectivity index (χ2v) is 6.00. The molecule has 2 N–H and O–H groups in total. The third kappa shape index (κ3) is 3.78. The van der Waals surface area contributed by atoms with Crippen LogP contribution in [0.2, 0.25) is 0 Å². The molecular formula is C13H20N2O6. The van der Waals surface area contributed by atoms with Crippen molar-refractivity contribution in [2.75, 3.05) is 6.54 Å². The Morgan fingerprint density at radius 2 is 1.57 bits per heavy atom. The summed E-state index contributed by atoms with van der Waals surface area (Å²) in [5, 5.41) is 0.376. The van der Waals surface area contributed by atoms with E-state index in [2.05, 4.69) is 0 Å². The van der Waals surface area contributed by atoms with Crippen LogP contribution in [-0.4, -0.2) is 41.0 Å². The number of hydroxylamine groups is 2. The first-order valence-corrected chi connectivity index (χ1v) is 6.53. The summed E-state index contributed by atoms with van der Waals surface area (Å²) in [5.41, 5.74) is 2.87. The maximum absolute atomic E-state index is 12.1. The van der Waals surface area contributed by atoms with E-state index in [1.54, 1.807) is 20.8 Å². The fraction of sp³-hybridized carbons (Fsp3) is 0.692. The third-order valence-corrected chi connectivity index (χ3v) is 2.89. The van der Waals surface area contributed by atoms with Gasteiger partial charge in [0.15, 0.2) is 5.41 Å². The van der Waals surface area contributed by atoms with Gasteiger partial charge in [0.05, 0.1) is 0 Å². The van der Waals surface area contributed by atoms with Crippen LogP contribution in [0.25, 0.3) is 0 Å². The summed E-state index contributed by atoms with van der Waals surface area (Å²) >= 11 is 0. The number of nitrogens with two attached hydrogens (primary N) is 1. The quantitative estimate of drug-likeness (QED) is 0.438. The Morgan fingerprint density at radius 1 is 1.10 bits per heavy atom. The van der Waals surface area contributed by atoms with Crippen molar-refractivity contribution in [3.8, 4) is 0 Å². The van der Waals surface area contributed by atoms with Crippen molar-refractivity contribution < 1.29 is 28.8 Å². The van der Waals surface area contributed by atoms with E-state index in [0.717, 1.165) is 0 Å². The van der Waals surface area contributed by atoms with E-state index in [0.29, 0.717) is 5.06 Å². The van der Waals surface area contributed by atoms with Gasteiger partial charge in [-0.15, -0.1) is 5.06 Å². The summed E-state index contributed by atoms with van der Waals surface area (Å²) in [4.78, 5) is 51.8. The van der Waals surface area contributed by atoms with Gasteiger partial charge in [0, 0.05) is 19.4 Å². The minimum Gasteiger partial charge on any atom is -0.459 e. The van der Waals surface area contributed by atoms with E-state index in [9.17, 15) is 19.2 Å². The molecule has 8 nitrogen and oxygen atoms in total. The predicted octanol–water partition coefficient (Wildman–Crippen LogP) is -0.0997. The fourth-order valence-electron chi connectivity index (χ4n) is 1.48. The van der Waals surface area contributed by atoms with Crippen molar-refractivity contribution in [3.05, 3.63) is 0 Å². The number of hydrogen-bond acceptors (Lipinski definition) is 7. The van der Waals surface area contributed by atoms with Crippen LogP contribution < -0.4 is 5.73 Å². The molecule has 0 aliphatic carbocycles. The number of hydrogen-bond donors (Lipinski definition) is 1. The summed E-state index contributed by atoms with van der Waals surface area (Å²) in [6.45, 7) is 5.79. The third-order valence-electron chi connectivity index (χ3n) is 2.89. The highest BCUT2D eigenvalue weighted by molar-refractivity contribution is 6.04. The summed E-state index contributed by atoms with van der Waals surface area (Å²) in [5.74, 6) is -3.22. The lowest BCUT2D eigenvalue weighted by Crippen LogP contribution is -2.49. The molecule has 0 aromatic carbocycles. The highest BCUT2D eigenvalue weighted by atomic mass is 16.7. The normalized spacial score (nSPS) is 18.4. The van der Waals surface area contributed by atoms with Crippen LogP contribution in [0.15, 0.2) is 0 Å². The maximum atomic E-state index is 12.1. The van der Waals surface area contributed by atoms with Gasteiger partial charge in [-0.3, -0.25) is 14.4 Å². The molecule has 0 aromatic rings. The monoisotopic (exact) mass is 300 g/mol. The summed E-state index contributed by atoms with van der Waals surface area (Å²) in [6.07, 6.45) is -0.0597. The Kier molecular flexibility index (Phi) is 4.72. The molecule has 0 bridgehead atoms. The first kappa shape index (κ1) is 17.1. The predicted molar refractivity (Wildman–Crippen MR) is 70.2 cm³/mol. The summed E-state index contributed by atoms with van der Waals surface area (Å²) in [6, 6.07) is 0. The Bertz CT molecular complexity index is 466. The van der Waals surface area contributed by atoms with E-state index >= 15 is 0 Å². The van der Waals surface area contributed by atoms with Crippen molar-refractivity contribution >= 4 is 23.8 Å². The van der Waals surface area contributed by atoms with Crippen molar-refractivity contribution in [2.24, 2.45) is 11.1 Å². The zero-order valence-electron chi connectivity index (χ0n) is 12.6. The Labute approximate surface area is 122 Å². The SMILES string of the molecule is CC(C)(C)OC(=O)C(C)(CN)C(=O)ON1C(=O)CCC1=O. The zero-order chi connectivity index (χ0) is 16.4. The van der Waals surface area contributed by atoms with Gasteiger partial charge in [-0.1, -0.05) is 0 Å². The number of carbonyl (C=O) groups excluding carboxylic acids is 4. The van der Waals surface area contributed by atoms with E-state index in [4.69, 9.17) is 15.3 Å². The number of carbonyl (C=O) groups is 4. The highest BCUT2D eigenvalue weighted by Crippen LogP contribution is 2.24. The first-order valence-electron chi connectivity index (χ1n) is 6.53. The van der Waals surface area contributed by atoms with Crippen molar-refractivity contribution in [2.45, 2.75) is 46.1 Å². The molecule has 1 heterocycles. The molecule has 0 aromatic heterocycles. The number of rotatable bonds is 4. The van der Waals surface area contributed by atoms with E-state index in [-0.39, 0.29) is 19.4 Å². The molecule has 1 saturated heterocycles. The van der Waals surface area contributed by atoms with Gasteiger partial charge in [0.1, 0.15) is 5.60 Å². The van der Waals surface area contributed by atoms with Crippen LogP contribution in [0.3, 0.4) is 0 Å². The summed E-state index contributed by atoms with van der Waals surface area (Å²) < 4.78 is 5.12. The molecule has 0 radical (unpaired) electrons. The number of imide groups is 1. The molecule has 0 spiro atoms. The van der Waals surface area contributed by atoms with Crippen LogP contribution in [0.1, 0.15) is 40.5 Å². The fourth-order valence-corrected chi connectivity index (χ4v) is 1.48. The Hall–Kier alpha value is -1.96. The second-order valence-electron chi connectivity index (χ2n) is 6.00. The molecule has 1 aliphatic heterocycles. The Balaban J connectivity index is 2.87. The van der Waals surface area contributed by atoms with E-state index < -0.39 is 34.8 Å². The molecule has 1 rings (SSSR count). The number of amides is 2. The topological polar surface area (TPSA) is 116 Å². The molecule has 8 heteroatoms. The van der Waals surface area contributed by atoms with Crippen LogP contribution >= 0.6 is 0 Å². The average molecular weight is 300 g/mol. The largest absolute Gasteiger partial charge is 0.459 e. The van der Waals surface area contributed by atoms with Gasteiger partial charge in [-0.25, -0.2) is 4.79 Å². The second kappa shape index (κ2) is 5.80. The molecule has 118 valence electrons. The molecule has 1 atom stereocenters. The van der Waals surface area contributed by atoms with Gasteiger partial charge in [-0.05, 0) is 27.7 Å². The van der Waals surface area contributed by atoms with Crippen molar-refractivity contribution in [1.82, 2.24) is 5.06 Å². The maximum Gasteiger partial charge on any atom is 0.351 e. The molecule has 2 amide bonds. The van der Waals surface area contributed by atoms with Crippen LogP contribution in [0.5, 0.6) is 0 Å². The van der Waals surface area contributed by atoms with Gasteiger partial charge in [0.25, 0.3) is 11.8 Å². The lowest BCUT2D eigenvalue weighted by Gasteiger charge is -2.29.